The van der Waals surface area contributed by atoms with Gasteiger partial charge in [0.15, 0.2) is 12.0 Å². The zero-order chi connectivity index (χ0) is 58.7. The van der Waals surface area contributed by atoms with E-state index in [4.69, 9.17) is 40.4 Å². The Balaban J connectivity index is 0.000000175. The lowest BCUT2D eigenvalue weighted by Crippen LogP contribution is -2.26. The highest BCUT2D eigenvalue weighted by Gasteiger charge is 2.28. The van der Waals surface area contributed by atoms with Crippen LogP contribution in [0.1, 0.15) is 90.4 Å². The van der Waals surface area contributed by atoms with E-state index in [0.29, 0.717) is 91.0 Å². The second-order valence-electron chi connectivity index (χ2n) is 21.5. The van der Waals surface area contributed by atoms with Crippen molar-refractivity contribution >= 4 is 66.0 Å². The summed E-state index contributed by atoms with van der Waals surface area (Å²) in [6.45, 7) is 15.4. The fourth-order valence-corrected chi connectivity index (χ4v) is 13.4. The molecule has 1 N–H and O–H groups in total. The number of aryl methyl sites for hydroxylation is 5. The largest absolute Gasteiger partial charge is 0.508 e. The number of aromatic hydroxyl groups is 1. The Bertz CT molecular complexity index is 3490. The van der Waals surface area contributed by atoms with Crippen LogP contribution in [0.15, 0.2) is 109 Å². The van der Waals surface area contributed by atoms with Crippen molar-refractivity contribution < 1.29 is 55.9 Å². The number of halogens is 5. The van der Waals surface area contributed by atoms with E-state index in [1.807, 2.05) is 67.6 Å². The van der Waals surface area contributed by atoms with Crippen LogP contribution >= 0.6 is 34.3 Å². The molecular weight excluding hydrogens is 1120 g/mol. The first-order valence-corrected chi connectivity index (χ1v) is 30.1. The van der Waals surface area contributed by atoms with Crippen LogP contribution in [0.2, 0.25) is 5.02 Å². The molecule has 0 aliphatic carbocycles. The standard InChI is InChI=1S/C35H37F2NO5S.C18H14ClFOS.C13H18FNO2/c1-22-17-25(37)18-23(2)32(22)33(39)35-34(29-11-10-28(19-30(29)44-35)42-31-5-3-4-15-41-31)43-27-8-6-26(7-9-27)40-16-14-38-13-12-24(20-36)21-38;1-9-4-5-13-14(6-9)22-18(16(13)19)17(21)15-10(2)7-12(20)8-11(15)3;14-9-11-5-6-15(10-11)7-8-17-13-3-1-12(16)2-4-13/h6-11,17-19,24,31H,3-5,12-16,20-21H2,1-2H3;4-8H,1-3H3;1-4,11,16H,5-10H2/t24-,31?;;11-/m0.0/s1. The number of thiophene rings is 2. The number of benzene rings is 6. The summed E-state index contributed by atoms with van der Waals surface area (Å²) in [5, 5.41) is 11.3. The Hall–Kier alpha value is -6.53. The molecule has 10 nitrogen and oxygen atoms in total. The number of hydrogen-bond donors (Lipinski definition) is 1. The lowest BCUT2D eigenvalue weighted by molar-refractivity contribution is -0.105. The molecule has 5 heterocycles. The number of phenols is 1. The van der Waals surface area contributed by atoms with Gasteiger partial charge >= 0.3 is 0 Å². The number of rotatable bonds is 18. The first-order chi connectivity index (χ1) is 40.0. The van der Waals surface area contributed by atoms with Gasteiger partial charge in [-0.2, -0.15) is 0 Å². The van der Waals surface area contributed by atoms with Gasteiger partial charge in [0, 0.05) is 75.7 Å². The molecule has 2 aromatic heterocycles. The zero-order valence-corrected chi connectivity index (χ0v) is 49.7. The zero-order valence-electron chi connectivity index (χ0n) is 47.3. The molecule has 438 valence electrons. The molecule has 0 radical (unpaired) electrons. The highest BCUT2D eigenvalue weighted by molar-refractivity contribution is 7.22. The number of likely N-dealkylation sites (tertiary alicyclic amines) is 2. The van der Waals surface area contributed by atoms with Gasteiger partial charge in [-0.15, -0.1) is 22.7 Å². The summed E-state index contributed by atoms with van der Waals surface area (Å²) in [5.74, 6) is 2.66. The SMILES string of the molecule is Cc1cc(F)cc(C)c1C(=O)c1sc2cc(OC3CCCCO3)ccc2c1Oc1ccc(OCCN2CC[C@@H](CF)C2)cc1.Cc1ccc2c(Cl)c(C(=O)c3c(C)cc(F)cc3C)sc2c1.Oc1ccc(OCCN2CC[C@@H](CF)C2)cc1. The molecule has 11 rings (SSSR count). The van der Waals surface area contributed by atoms with E-state index in [1.165, 1.54) is 46.9 Å². The minimum Gasteiger partial charge on any atom is -0.508 e. The van der Waals surface area contributed by atoms with Crippen molar-refractivity contribution in [2.75, 3.05) is 72.4 Å². The summed E-state index contributed by atoms with van der Waals surface area (Å²) in [7, 11) is 0. The lowest BCUT2D eigenvalue weighted by atomic mass is 9.97. The summed E-state index contributed by atoms with van der Waals surface area (Å²) < 4.78 is 84.4. The third kappa shape index (κ3) is 15.6. The van der Waals surface area contributed by atoms with Gasteiger partial charge < -0.3 is 28.8 Å². The minimum atomic E-state index is -0.372. The summed E-state index contributed by atoms with van der Waals surface area (Å²) in [5.41, 5.74) is 4.54. The van der Waals surface area contributed by atoms with Crippen molar-refractivity contribution in [1.29, 1.82) is 0 Å². The van der Waals surface area contributed by atoms with Gasteiger partial charge in [0.2, 0.25) is 11.6 Å². The Morgan fingerprint density at radius 1 is 0.614 bits per heavy atom. The maximum Gasteiger partial charge on any atom is 0.207 e. The number of ether oxygens (including phenoxy) is 5. The molecule has 0 spiro atoms. The average Bonchev–Trinajstić information content (AvgIpc) is 3.89. The predicted molar refractivity (Wildman–Crippen MR) is 323 cm³/mol. The molecule has 3 saturated heterocycles. The molecule has 0 saturated carbocycles. The number of alkyl halides is 2. The number of nitrogens with zero attached hydrogens (tertiary/aromatic N) is 2. The summed E-state index contributed by atoms with van der Waals surface area (Å²) in [4.78, 5) is 32.3. The number of hydrogen-bond acceptors (Lipinski definition) is 12. The number of ketones is 2. The van der Waals surface area contributed by atoms with Crippen LogP contribution in [-0.2, 0) is 4.74 Å². The van der Waals surface area contributed by atoms with Crippen molar-refractivity contribution in [2.24, 2.45) is 11.8 Å². The summed E-state index contributed by atoms with van der Waals surface area (Å²) in [6.07, 6.45) is 4.49. The maximum absolute atomic E-state index is 14.1. The van der Waals surface area contributed by atoms with E-state index in [0.717, 1.165) is 103 Å². The van der Waals surface area contributed by atoms with Crippen LogP contribution in [0.25, 0.3) is 20.2 Å². The molecule has 3 aliphatic rings. The smallest absolute Gasteiger partial charge is 0.207 e. The van der Waals surface area contributed by atoms with E-state index in [9.17, 15) is 27.2 Å². The Morgan fingerprint density at radius 3 is 1.64 bits per heavy atom. The monoisotopic (exact) mass is 1190 g/mol. The first kappa shape index (κ1) is 61.0. The number of phenolic OH excluding ortho intramolecular Hbond substituents is 1. The van der Waals surface area contributed by atoms with Gasteiger partial charge in [0.05, 0.1) is 29.9 Å². The summed E-state index contributed by atoms with van der Waals surface area (Å²) >= 11 is 9.12. The van der Waals surface area contributed by atoms with Crippen molar-refractivity contribution in [3.8, 4) is 34.5 Å². The van der Waals surface area contributed by atoms with Crippen LogP contribution in [-0.4, -0.2) is 105 Å². The topological polar surface area (TPSA) is 107 Å². The molecule has 3 fully saturated rings. The molecule has 3 atom stereocenters. The third-order valence-electron chi connectivity index (χ3n) is 15.1. The maximum atomic E-state index is 14.1. The minimum absolute atomic E-state index is 0.136. The van der Waals surface area contributed by atoms with Crippen LogP contribution in [0, 0.1) is 58.1 Å². The molecular formula is C66H69ClF4N2O8S2. The molecule has 0 amide bonds. The van der Waals surface area contributed by atoms with E-state index in [-0.39, 0.29) is 60.4 Å². The number of carbonyl (C=O) groups excluding carboxylic acids is 2. The first-order valence-electron chi connectivity index (χ1n) is 28.1. The molecule has 1 unspecified atom stereocenters. The fourth-order valence-electron chi connectivity index (χ4n) is 10.7. The van der Waals surface area contributed by atoms with E-state index < -0.39 is 0 Å². The quantitative estimate of drug-likeness (QED) is 0.0659. The molecule has 83 heavy (non-hydrogen) atoms. The van der Waals surface area contributed by atoms with Gasteiger partial charge in [-0.1, -0.05) is 23.7 Å². The highest BCUT2D eigenvalue weighted by Crippen LogP contribution is 2.44. The van der Waals surface area contributed by atoms with Crippen molar-refractivity contribution in [3.63, 3.8) is 0 Å². The fraction of sp³-hybridized carbons (Fsp3) is 0.364. The van der Waals surface area contributed by atoms with Gasteiger partial charge in [0.25, 0.3) is 0 Å². The molecule has 3 aliphatic heterocycles. The molecule has 8 aromatic rings. The van der Waals surface area contributed by atoms with Gasteiger partial charge in [-0.25, -0.2) is 8.78 Å². The molecule has 6 aromatic carbocycles. The summed E-state index contributed by atoms with van der Waals surface area (Å²) in [6, 6.07) is 31.1. The Kier molecular flexibility index (Phi) is 20.9. The number of carbonyl (C=O) groups is 2. The van der Waals surface area contributed by atoms with Gasteiger partial charge in [-0.3, -0.25) is 28.2 Å². The van der Waals surface area contributed by atoms with Gasteiger partial charge in [0.1, 0.15) is 58.5 Å². The predicted octanol–water partition coefficient (Wildman–Crippen LogP) is 16.2. The van der Waals surface area contributed by atoms with Crippen molar-refractivity contribution in [3.05, 3.63) is 175 Å². The van der Waals surface area contributed by atoms with E-state index in [2.05, 4.69) is 9.80 Å². The normalized spacial score (nSPS) is 17.2. The van der Waals surface area contributed by atoms with Crippen LogP contribution < -0.4 is 18.9 Å². The third-order valence-corrected chi connectivity index (χ3v) is 17.9. The molecule has 0 bridgehead atoms. The van der Waals surface area contributed by atoms with E-state index in [1.54, 1.807) is 52.0 Å². The van der Waals surface area contributed by atoms with E-state index >= 15 is 0 Å². The van der Waals surface area contributed by atoms with Crippen LogP contribution in [0.4, 0.5) is 17.6 Å². The van der Waals surface area contributed by atoms with Crippen LogP contribution in [0.5, 0.6) is 34.5 Å². The Morgan fingerprint density at radius 2 is 1.11 bits per heavy atom. The van der Waals surface area contributed by atoms with Gasteiger partial charge in [-0.05, 0) is 198 Å². The average molecular weight is 1190 g/mol. The Labute approximate surface area is 495 Å². The second-order valence-corrected chi connectivity index (χ2v) is 24.0. The lowest BCUT2D eigenvalue weighted by Gasteiger charge is -2.23. The van der Waals surface area contributed by atoms with Crippen LogP contribution in [0.3, 0.4) is 0 Å². The number of fused-ring (bicyclic) bond motifs is 2. The second kappa shape index (κ2) is 28.4. The van der Waals surface area contributed by atoms with Crippen molar-refractivity contribution in [2.45, 2.75) is 73.0 Å². The van der Waals surface area contributed by atoms with Crippen molar-refractivity contribution in [1.82, 2.24) is 9.80 Å². The molecule has 17 heteroatoms. The highest BCUT2D eigenvalue weighted by atomic mass is 35.5.